The van der Waals surface area contributed by atoms with E-state index in [1.165, 1.54) is 26.4 Å². The summed E-state index contributed by atoms with van der Waals surface area (Å²) < 4.78 is 10.2. The van der Waals surface area contributed by atoms with Crippen LogP contribution in [0.25, 0.3) is 0 Å². The Morgan fingerprint density at radius 1 is 1.19 bits per heavy atom. The van der Waals surface area contributed by atoms with Gasteiger partial charge in [0.05, 0.1) is 19.8 Å². The molecule has 10 heteroatoms. The summed E-state index contributed by atoms with van der Waals surface area (Å²) in [5.41, 5.74) is 0.392. The van der Waals surface area contributed by atoms with Crippen molar-refractivity contribution in [2.45, 2.75) is 0 Å². The number of ether oxygens (including phenoxy) is 2. The highest BCUT2D eigenvalue weighted by Gasteiger charge is 2.19. The highest BCUT2D eigenvalue weighted by Crippen LogP contribution is 2.34. The number of methoxy groups -OCH3 is 2. The summed E-state index contributed by atoms with van der Waals surface area (Å²) in [5.74, 6) is -0.626. The number of nitrogens with zero attached hydrogens (tertiary/aromatic N) is 2. The number of rotatable bonds is 8. The first-order valence-electron chi connectivity index (χ1n) is 8.00. The standard InChI is InChI=1S/C17H22N4O5S/c1-21(2)6-5-18-16(24)11-9-27-17(19-11)20-15(23)10-7-14(26-4)12(22)8-13(10)25-3/h7-9,22H,5-6H2,1-4H3,(H,18,24)(H,19,20,23). The number of hydrogen-bond acceptors (Lipinski definition) is 8. The second-order valence-electron chi connectivity index (χ2n) is 5.78. The van der Waals surface area contributed by atoms with Crippen molar-refractivity contribution in [1.29, 1.82) is 0 Å². The number of phenols is 1. The SMILES string of the molecule is COc1cc(C(=O)Nc2nc(C(=O)NCCN(C)C)cs2)c(OC)cc1O. The molecule has 0 aliphatic heterocycles. The molecule has 2 aromatic rings. The fourth-order valence-electron chi connectivity index (χ4n) is 2.14. The van der Waals surface area contributed by atoms with Crippen molar-refractivity contribution < 1.29 is 24.2 Å². The Kier molecular flexibility index (Phi) is 6.97. The summed E-state index contributed by atoms with van der Waals surface area (Å²) in [7, 11) is 6.59. The largest absolute Gasteiger partial charge is 0.504 e. The van der Waals surface area contributed by atoms with Crippen molar-refractivity contribution in [3.63, 3.8) is 0 Å². The normalized spacial score (nSPS) is 10.6. The molecule has 0 saturated carbocycles. The summed E-state index contributed by atoms with van der Waals surface area (Å²) in [6.45, 7) is 1.21. The molecule has 0 aliphatic carbocycles. The van der Waals surface area contributed by atoms with Crippen LogP contribution in [0.3, 0.4) is 0 Å². The molecule has 3 N–H and O–H groups in total. The minimum absolute atomic E-state index is 0.140. The van der Waals surface area contributed by atoms with Gasteiger partial charge in [0, 0.05) is 30.6 Å². The van der Waals surface area contributed by atoms with E-state index in [-0.39, 0.29) is 39.5 Å². The van der Waals surface area contributed by atoms with E-state index < -0.39 is 5.91 Å². The van der Waals surface area contributed by atoms with Gasteiger partial charge in [-0.2, -0.15) is 0 Å². The molecule has 0 bridgehead atoms. The molecular formula is C17H22N4O5S. The number of hydrogen-bond donors (Lipinski definition) is 3. The minimum Gasteiger partial charge on any atom is -0.504 e. The molecule has 1 aromatic carbocycles. The van der Waals surface area contributed by atoms with Crippen LogP contribution in [0, 0.1) is 0 Å². The molecule has 146 valence electrons. The number of likely N-dealkylation sites (N-methyl/N-ethyl adjacent to an activating group) is 1. The van der Waals surface area contributed by atoms with Gasteiger partial charge in [-0.3, -0.25) is 14.9 Å². The van der Waals surface area contributed by atoms with Gasteiger partial charge in [-0.25, -0.2) is 4.98 Å². The summed E-state index contributed by atoms with van der Waals surface area (Å²) in [6.07, 6.45) is 0. The molecule has 0 unspecified atom stereocenters. The zero-order chi connectivity index (χ0) is 20.0. The molecule has 0 saturated heterocycles. The fourth-order valence-corrected chi connectivity index (χ4v) is 2.83. The lowest BCUT2D eigenvalue weighted by atomic mass is 10.1. The molecule has 0 atom stereocenters. The fraction of sp³-hybridized carbons (Fsp3) is 0.353. The third kappa shape index (κ3) is 5.31. The molecule has 1 heterocycles. The molecule has 0 aliphatic rings. The summed E-state index contributed by atoms with van der Waals surface area (Å²) >= 11 is 1.13. The van der Waals surface area contributed by atoms with Crippen LogP contribution in [-0.4, -0.2) is 68.2 Å². The monoisotopic (exact) mass is 394 g/mol. The number of carbonyl (C=O) groups excluding carboxylic acids is 2. The quantitative estimate of drug-likeness (QED) is 0.620. The Hall–Kier alpha value is -2.85. The van der Waals surface area contributed by atoms with Gasteiger partial charge >= 0.3 is 0 Å². The Balaban J connectivity index is 2.09. The summed E-state index contributed by atoms with van der Waals surface area (Å²) in [4.78, 5) is 30.7. The van der Waals surface area contributed by atoms with Gasteiger partial charge in [-0.15, -0.1) is 11.3 Å². The Morgan fingerprint density at radius 2 is 1.89 bits per heavy atom. The Bertz CT molecular complexity index is 822. The second-order valence-corrected chi connectivity index (χ2v) is 6.63. The summed E-state index contributed by atoms with van der Waals surface area (Å²) in [5, 5.41) is 17.0. The van der Waals surface area contributed by atoms with Crippen LogP contribution >= 0.6 is 11.3 Å². The van der Waals surface area contributed by atoms with Gasteiger partial charge < -0.3 is 24.8 Å². The van der Waals surface area contributed by atoms with Crippen molar-refractivity contribution >= 4 is 28.3 Å². The van der Waals surface area contributed by atoms with E-state index in [1.807, 2.05) is 19.0 Å². The summed E-state index contributed by atoms with van der Waals surface area (Å²) in [6, 6.07) is 2.66. The van der Waals surface area contributed by atoms with E-state index in [9.17, 15) is 14.7 Å². The smallest absolute Gasteiger partial charge is 0.270 e. The first kappa shape index (κ1) is 20.5. The van der Waals surface area contributed by atoms with Gasteiger partial charge in [0.1, 0.15) is 11.4 Å². The Morgan fingerprint density at radius 3 is 2.52 bits per heavy atom. The highest BCUT2D eigenvalue weighted by atomic mass is 32.1. The number of benzene rings is 1. The number of nitrogens with one attached hydrogen (secondary N) is 2. The second kappa shape index (κ2) is 9.19. The molecule has 1 aromatic heterocycles. The Labute approximate surface area is 160 Å². The van der Waals surface area contributed by atoms with E-state index in [1.54, 1.807) is 5.38 Å². The van der Waals surface area contributed by atoms with Crippen LogP contribution in [0.5, 0.6) is 17.2 Å². The number of carbonyl (C=O) groups is 2. The molecule has 0 fully saturated rings. The molecule has 27 heavy (non-hydrogen) atoms. The van der Waals surface area contributed by atoms with E-state index in [2.05, 4.69) is 15.6 Å². The van der Waals surface area contributed by atoms with E-state index in [0.717, 1.165) is 11.3 Å². The van der Waals surface area contributed by atoms with Crippen molar-refractivity contribution in [2.75, 3.05) is 46.7 Å². The number of thiazole rings is 1. The lowest BCUT2D eigenvalue weighted by molar-refractivity contribution is 0.0945. The van der Waals surface area contributed by atoms with E-state index in [0.29, 0.717) is 13.1 Å². The van der Waals surface area contributed by atoms with Gasteiger partial charge in [-0.05, 0) is 14.1 Å². The lowest BCUT2D eigenvalue weighted by Crippen LogP contribution is -2.31. The number of phenolic OH excluding ortho intramolecular Hbond substituents is 1. The van der Waals surface area contributed by atoms with Crippen LogP contribution in [0.1, 0.15) is 20.8 Å². The molecule has 9 nitrogen and oxygen atoms in total. The van der Waals surface area contributed by atoms with Crippen molar-refractivity contribution in [2.24, 2.45) is 0 Å². The molecule has 0 radical (unpaired) electrons. The maximum atomic E-state index is 12.5. The highest BCUT2D eigenvalue weighted by molar-refractivity contribution is 7.14. The number of aromatic nitrogens is 1. The number of amides is 2. The lowest BCUT2D eigenvalue weighted by Gasteiger charge is -2.11. The maximum absolute atomic E-state index is 12.5. The van der Waals surface area contributed by atoms with Crippen LogP contribution in [0.4, 0.5) is 5.13 Å². The molecule has 2 rings (SSSR count). The first-order valence-corrected chi connectivity index (χ1v) is 8.88. The molecule has 0 spiro atoms. The van der Waals surface area contributed by atoms with Crippen molar-refractivity contribution in [1.82, 2.24) is 15.2 Å². The number of anilines is 1. The van der Waals surface area contributed by atoms with Crippen molar-refractivity contribution in [3.05, 3.63) is 28.8 Å². The number of aromatic hydroxyl groups is 1. The van der Waals surface area contributed by atoms with Gasteiger partial charge in [-0.1, -0.05) is 0 Å². The first-order chi connectivity index (χ1) is 12.8. The van der Waals surface area contributed by atoms with E-state index >= 15 is 0 Å². The molecular weight excluding hydrogens is 372 g/mol. The molecule has 2 amide bonds. The van der Waals surface area contributed by atoms with E-state index in [4.69, 9.17) is 9.47 Å². The average Bonchev–Trinajstić information content (AvgIpc) is 3.09. The predicted molar refractivity (Wildman–Crippen MR) is 102 cm³/mol. The minimum atomic E-state index is -0.501. The van der Waals surface area contributed by atoms with Gasteiger partial charge in [0.25, 0.3) is 11.8 Å². The van der Waals surface area contributed by atoms with Crippen LogP contribution in [-0.2, 0) is 0 Å². The zero-order valence-electron chi connectivity index (χ0n) is 15.5. The van der Waals surface area contributed by atoms with Gasteiger partial charge in [0.2, 0.25) is 0 Å². The zero-order valence-corrected chi connectivity index (χ0v) is 16.3. The maximum Gasteiger partial charge on any atom is 0.270 e. The average molecular weight is 394 g/mol. The van der Waals surface area contributed by atoms with Crippen LogP contribution in [0.15, 0.2) is 17.5 Å². The van der Waals surface area contributed by atoms with Gasteiger partial charge in [0.15, 0.2) is 16.6 Å². The van der Waals surface area contributed by atoms with Crippen molar-refractivity contribution in [3.8, 4) is 17.2 Å². The van der Waals surface area contributed by atoms with Crippen LogP contribution in [0.2, 0.25) is 0 Å². The third-order valence-electron chi connectivity index (χ3n) is 3.55. The predicted octanol–water partition coefficient (Wildman–Crippen LogP) is 1.41. The van der Waals surface area contributed by atoms with Crippen LogP contribution < -0.4 is 20.1 Å². The third-order valence-corrected chi connectivity index (χ3v) is 4.31. The topological polar surface area (TPSA) is 113 Å².